The van der Waals surface area contributed by atoms with Crippen molar-refractivity contribution in [1.29, 1.82) is 0 Å². The van der Waals surface area contributed by atoms with Gasteiger partial charge in [0.05, 0.1) is 18.7 Å². The van der Waals surface area contributed by atoms with Crippen LogP contribution in [0.25, 0.3) is 0 Å². The minimum atomic E-state index is -0.358. The summed E-state index contributed by atoms with van der Waals surface area (Å²) < 4.78 is 4.86. The van der Waals surface area contributed by atoms with Gasteiger partial charge in [-0.25, -0.2) is 0 Å². The number of hydrogen-bond donors (Lipinski definition) is 0. The van der Waals surface area contributed by atoms with Gasteiger partial charge in [-0.2, -0.15) is 0 Å². The lowest BCUT2D eigenvalue weighted by molar-refractivity contribution is -0.141. The van der Waals surface area contributed by atoms with Crippen LogP contribution in [0.15, 0.2) is 29.4 Å². The first kappa shape index (κ1) is 13.5. The van der Waals surface area contributed by atoms with Gasteiger partial charge >= 0.3 is 5.97 Å². The van der Waals surface area contributed by atoms with E-state index in [0.29, 0.717) is 22.9 Å². The topological polar surface area (TPSA) is 47.9 Å². The number of halogens is 1. The minimum Gasteiger partial charge on any atom is -0.466 e. The summed E-state index contributed by atoms with van der Waals surface area (Å²) in [6.07, 6.45) is 0.0331. The normalized spacial score (nSPS) is 11.1. The quantitative estimate of drug-likeness (QED) is 0.462. The van der Waals surface area contributed by atoms with Crippen LogP contribution in [0.5, 0.6) is 0 Å². The van der Waals surface area contributed by atoms with Crippen molar-refractivity contribution in [1.82, 2.24) is 0 Å². The van der Waals surface area contributed by atoms with E-state index in [2.05, 4.69) is 5.16 Å². The molecule has 1 rings (SSSR count). The van der Waals surface area contributed by atoms with Gasteiger partial charge in [-0.05, 0) is 13.0 Å². The van der Waals surface area contributed by atoms with Crippen molar-refractivity contribution < 1.29 is 14.4 Å². The molecular formula is C12H14ClNO3. The zero-order chi connectivity index (χ0) is 12.7. The highest BCUT2D eigenvalue weighted by Crippen LogP contribution is 2.17. The summed E-state index contributed by atoms with van der Waals surface area (Å²) in [5.74, 6) is -0.358. The smallest absolute Gasteiger partial charge is 0.312 e. The number of oxime groups is 1. The zero-order valence-corrected chi connectivity index (χ0v) is 10.5. The Morgan fingerprint density at radius 2 is 2.12 bits per heavy atom. The van der Waals surface area contributed by atoms with E-state index in [-0.39, 0.29) is 12.4 Å². The standard InChI is InChI=1S/C12H14ClNO3/c1-3-17-12(15)8-11(14-16-2)9-6-4-5-7-10(9)13/h4-7H,3,8H2,1-2H3. The number of ether oxygens (including phenoxy) is 1. The molecule has 0 aromatic heterocycles. The van der Waals surface area contributed by atoms with Crippen molar-refractivity contribution in [3.63, 3.8) is 0 Å². The van der Waals surface area contributed by atoms with Crippen molar-refractivity contribution >= 4 is 23.3 Å². The number of nitrogens with zero attached hydrogens (tertiary/aromatic N) is 1. The minimum absolute atomic E-state index is 0.0331. The first-order valence-electron chi connectivity index (χ1n) is 5.19. The molecule has 0 amide bonds. The summed E-state index contributed by atoms with van der Waals surface area (Å²) in [5.41, 5.74) is 1.13. The van der Waals surface area contributed by atoms with Crippen molar-refractivity contribution in [3.05, 3.63) is 34.9 Å². The molecule has 5 heteroatoms. The van der Waals surface area contributed by atoms with Crippen molar-refractivity contribution in [2.45, 2.75) is 13.3 Å². The molecule has 0 saturated heterocycles. The third-order valence-corrected chi connectivity index (χ3v) is 2.33. The molecule has 0 aliphatic carbocycles. The Hall–Kier alpha value is -1.55. The highest BCUT2D eigenvalue weighted by molar-refractivity contribution is 6.34. The Balaban J connectivity index is 2.91. The van der Waals surface area contributed by atoms with Crippen molar-refractivity contribution in [2.75, 3.05) is 13.7 Å². The largest absolute Gasteiger partial charge is 0.466 e. The van der Waals surface area contributed by atoms with Gasteiger partial charge in [0, 0.05) is 10.6 Å². The first-order valence-corrected chi connectivity index (χ1v) is 5.57. The van der Waals surface area contributed by atoms with Crippen LogP contribution in [0.1, 0.15) is 18.9 Å². The van der Waals surface area contributed by atoms with E-state index in [4.69, 9.17) is 21.2 Å². The maximum absolute atomic E-state index is 11.4. The fraction of sp³-hybridized carbons (Fsp3) is 0.333. The third-order valence-electron chi connectivity index (χ3n) is 2.00. The fourth-order valence-corrected chi connectivity index (χ4v) is 1.58. The SMILES string of the molecule is CCOC(=O)CC(=NOC)c1ccccc1Cl. The summed E-state index contributed by atoms with van der Waals surface area (Å²) in [4.78, 5) is 16.1. The summed E-state index contributed by atoms with van der Waals surface area (Å²) in [5, 5.41) is 4.33. The van der Waals surface area contributed by atoms with E-state index in [9.17, 15) is 4.79 Å². The lowest BCUT2D eigenvalue weighted by atomic mass is 10.1. The lowest BCUT2D eigenvalue weighted by Gasteiger charge is -2.07. The number of benzene rings is 1. The van der Waals surface area contributed by atoms with Crippen LogP contribution in [0, 0.1) is 0 Å². The van der Waals surface area contributed by atoms with E-state index in [1.165, 1.54) is 7.11 Å². The van der Waals surface area contributed by atoms with Crippen LogP contribution in [0.4, 0.5) is 0 Å². The van der Waals surface area contributed by atoms with Crippen LogP contribution >= 0.6 is 11.6 Å². The second kappa shape index (κ2) is 6.91. The predicted octanol–water partition coefficient (Wildman–Crippen LogP) is 2.64. The first-order chi connectivity index (χ1) is 8.19. The highest BCUT2D eigenvalue weighted by atomic mass is 35.5. The molecule has 17 heavy (non-hydrogen) atoms. The molecular weight excluding hydrogens is 242 g/mol. The number of carbonyl (C=O) groups is 1. The van der Waals surface area contributed by atoms with Gasteiger partial charge in [0.15, 0.2) is 0 Å². The number of carbonyl (C=O) groups excluding carboxylic acids is 1. The van der Waals surface area contributed by atoms with Gasteiger partial charge < -0.3 is 9.57 Å². The van der Waals surface area contributed by atoms with E-state index in [0.717, 1.165) is 0 Å². The van der Waals surface area contributed by atoms with Gasteiger partial charge in [-0.3, -0.25) is 4.79 Å². The van der Waals surface area contributed by atoms with E-state index in [1.807, 2.05) is 6.07 Å². The molecule has 0 spiro atoms. The van der Waals surface area contributed by atoms with Crippen LogP contribution in [0.2, 0.25) is 5.02 Å². The second-order valence-electron chi connectivity index (χ2n) is 3.18. The number of hydrogen-bond acceptors (Lipinski definition) is 4. The molecule has 0 aliphatic heterocycles. The maximum atomic E-state index is 11.4. The predicted molar refractivity (Wildman–Crippen MR) is 66.2 cm³/mol. The van der Waals surface area contributed by atoms with Gasteiger partial charge in [-0.1, -0.05) is 35.0 Å². The molecule has 0 aliphatic rings. The van der Waals surface area contributed by atoms with E-state index >= 15 is 0 Å². The van der Waals surface area contributed by atoms with Crippen LogP contribution in [-0.4, -0.2) is 25.4 Å². The zero-order valence-electron chi connectivity index (χ0n) is 9.77. The van der Waals surface area contributed by atoms with Crippen LogP contribution < -0.4 is 0 Å². The second-order valence-corrected chi connectivity index (χ2v) is 3.59. The van der Waals surface area contributed by atoms with Gasteiger partial charge in [0.2, 0.25) is 0 Å². The van der Waals surface area contributed by atoms with Gasteiger partial charge in [-0.15, -0.1) is 0 Å². The van der Waals surface area contributed by atoms with Gasteiger partial charge in [0.1, 0.15) is 7.11 Å². The van der Waals surface area contributed by atoms with E-state index < -0.39 is 0 Å². The highest BCUT2D eigenvalue weighted by Gasteiger charge is 2.14. The summed E-state index contributed by atoms with van der Waals surface area (Å²) in [7, 11) is 1.42. The molecule has 0 N–H and O–H groups in total. The number of rotatable bonds is 5. The average Bonchev–Trinajstić information content (AvgIpc) is 2.29. The molecule has 0 heterocycles. The van der Waals surface area contributed by atoms with Gasteiger partial charge in [0.25, 0.3) is 0 Å². The monoisotopic (exact) mass is 255 g/mol. The molecule has 1 aromatic carbocycles. The Kier molecular flexibility index (Phi) is 5.49. The lowest BCUT2D eigenvalue weighted by Crippen LogP contribution is -2.13. The molecule has 4 nitrogen and oxygen atoms in total. The summed E-state index contributed by atoms with van der Waals surface area (Å²) in [6.45, 7) is 2.09. The number of esters is 1. The average molecular weight is 256 g/mol. The molecule has 0 atom stereocenters. The molecule has 0 radical (unpaired) electrons. The van der Waals surface area contributed by atoms with Crippen LogP contribution in [0.3, 0.4) is 0 Å². The van der Waals surface area contributed by atoms with Crippen molar-refractivity contribution in [3.8, 4) is 0 Å². The Morgan fingerprint density at radius 3 is 2.71 bits per heavy atom. The summed E-state index contributed by atoms with van der Waals surface area (Å²) >= 11 is 6.03. The molecule has 0 unspecified atom stereocenters. The molecule has 1 aromatic rings. The molecule has 92 valence electrons. The third kappa shape index (κ3) is 4.07. The Labute approximate surface area is 105 Å². The van der Waals surface area contributed by atoms with E-state index in [1.54, 1.807) is 25.1 Å². The fourth-order valence-electron chi connectivity index (χ4n) is 1.33. The molecule has 0 saturated carbocycles. The van der Waals surface area contributed by atoms with Crippen LogP contribution in [-0.2, 0) is 14.4 Å². The Morgan fingerprint density at radius 1 is 1.41 bits per heavy atom. The molecule has 0 fully saturated rings. The molecule has 0 bridgehead atoms. The Bertz CT molecular complexity index is 418. The maximum Gasteiger partial charge on any atom is 0.312 e. The van der Waals surface area contributed by atoms with Crippen molar-refractivity contribution in [2.24, 2.45) is 5.16 Å². The summed E-state index contributed by atoms with van der Waals surface area (Å²) in [6, 6.07) is 7.13.